The molecule has 2 fully saturated rings. The summed E-state index contributed by atoms with van der Waals surface area (Å²) in [6, 6.07) is 44.0. The molecule has 2 heterocycles. The summed E-state index contributed by atoms with van der Waals surface area (Å²) < 4.78 is 12.3. The number of nitrogens with zero attached hydrogens (tertiary/aromatic N) is 1. The van der Waals surface area contributed by atoms with E-state index in [-0.39, 0.29) is 43.0 Å². The minimum Gasteiger partial charge on any atom is -0.452 e. The number of thioether (sulfide) groups is 1. The number of fused-ring (bicyclic) bond motifs is 1. The molecule has 0 aromatic heterocycles. The number of para-hydroxylation sites is 1. The Kier molecular flexibility index (Phi) is 13.4. The van der Waals surface area contributed by atoms with E-state index >= 15 is 0 Å². The zero-order chi connectivity index (χ0) is 41.9. The fourth-order valence-corrected chi connectivity index (χ4v) is 8.85. The van der Waals surface area contributed by atoms with Crippen LogP contribution in [0.15, 0.2) is 164 Å². The van der Waals surface area contributed by atoms with Gasteiger partial charge in [-0.2, -0.15) is 0 Å². The molecule has 11 nitrogen and oxygen atoms in total. The summed E-state index contributed by atoms with van der Waals surface area (Å²) in [7, 11) is 0. The second-order valence-electron chi connectivity index (χ2n) is 14.7. The Morgan fingerprint density at radius 3 is 1.72 bits per heavy atom. The molecule has 0 spiro atoms. The first kappa shape index (κ1) is 41.5. The molecule has 4 amide bonds. The molecule has 5 aromatic carbocycles. The van der Waals surface area contributed by atoms with Crippen LogP contribution in [0.5, 0.6) is 0 Å². The average Bonchev–Trinajstić information content (AvgIpc) is 3.29. The van der Waals surface area contributed by atoms with Gasteiger partial charge in [-0.3, -0.25) is 14.4 Å². The van der Waals surface area contributed by atoms with E-state index in [1.165, 1.54) is 11.8 Å². The van der Waals surface area contributed by atoms with Crippen LogP contribution in [0.4, 0.5) is 10.5 Å². The number of amides is 4. The molecule has 0 bridgehead atoms. The predicted molar refractivity (Wildman–Crippen MR) is 230 cm³/mol. The molecule has 2 saturated heterocycles. The fourth-order valence-electron chi connectivity index (χ4n) is 7.32. The third kappa shape index (κ3) is 9.78. The molecule has 12 heteroatoms. The van der Waals surface area contributed by atoms with Crippen molar-refractivity contribution in [2.75, 3.05) is 17.6 Å². The number of ether oxygens (including phenoxy) is 2. The Morgan fingerprint density at radius 1 is 0.733 bits per heavy atom. The van der Waals surface area contributed by atoms with Crippen LogP contribution in [0.25, 0.3) is 0 Å². The Balaban J connectivity index is 0.965. The van der Waals surface area contributed by atoms with Crippen LogP contribution in [0.2, 0.25) is 0 Å². The van der Waals surface area contributed by atoms with Crippen molar-refractivity contribution in [3.8, 4) is 0 Å². The number of β-lactam (4-membered cyclic amide) rings is 1. The highest BCUT2D eigenvalue weighted by atomic mass is 32.2. The van der Waals surface area contributed by atoms with Gasteiger partial charge in [0.05, 0.1) is 0 Å². The second-order valence-corrected chi connectivity index (χ2v) is 15.8. The second kappa shape index (κ2) is 19.4. The molecule has 3 N–H and O–H groups in total. The third-order valence-electron chi connectivity index (χ3n) is 10.6. The van der Waals surface area contributed by atoms with E-state index in [9.17, 15) is 24.0 Å². The van der Waals surface area contributed by atoms with Crippen LogP contribution in [0.1, 0.15) is 53.7 Å². The highest BCUT2D eigenvalue weighted by Gasteiger charge is 2.57. The first-order valence-electron chi connectivity index (χ1n) is 19.8. The molecule has 2 aliphatic rings. The third-order valence-corrected chi connectivity index (χ3v) is 12.2. The molecular formula is C48H46N4O7S. The number of carbonyl (C=O) groups excluding carboxylic acids is 5. The van der Waals surface area contributed by atoms with Crippen LogP contribution in [0, 0.1) is 5.41 Å². The Labute approximate surface area is 353 Å². The van der Waals surface area contributed by atoms with Crippen molar-refractivity contribution >= 4 is 47.2 Å². The van der Waals surface area contributed by atoms with E-state index in [2.05, 4.69) is 22.5 Å². The lowest BCUT2D eigenvalue weighted by Gasteiger charge is -2.53. The minimum atomic E-state index is -1.16. The number of hydrogen-bond donors (Lipinski definition) is 3. The van der Waals surface area contributed by atoms with Crippen molar-refractivity contribution in [3.63, 3.8) is 0 Å². The Bertz CT molecular complexity index is 2190. The summed E-state index contributed by atoms with van der Waals surface area (Å²) in [5, 5.41) is 7.96. The van der Waals surface area contributed by atoms with Crippen LogP contribution in [-0.4, -0.2) is 64.4 Å². The molecule has 3 unspecified atom stereocenters. The number of anilines is 1. The topological polar surface area (TPSA) is 143 Å². The fraction of sp³-hybridized carbons (Fsp3) is 0.229. The molecule has 0 radical (unpaired) electrons. The number of hydrogen-bond acceptors (Lipinski definition) is 8. The highest BCUT2D eigenvalue weighted by Crippen LogP contribution is 2.44. The first-order chi connectivity index (χ1) is 29.2. The summed E-state index contributed by atoms with van der Waals surface area (Å²) >= 11 is 1.39. The number of rotatable bonds is 16. The molecule has 0 aliphatic carbocycles. The molecule has 7 rings (SSSR count). The SMILES string of the molecule is C=CC1(C(=O)OC(c2ccccc2)c2ccccc2)CS[C@@H]2C(NC(=O)CCCC(NC(=O)Nc3ccccc3)C(=O)OC(c3ccccc3)c3ccccc3)C(=O)N2C1. The largest absolute Gasteiger partial charge is 0.452 e. The summed E-state index contributed by atoms with van der Waals surface area (Å²) in [5.74, 6) is -1.53. The van der Waals surface area contributed by atoms with Gasteiger partial charge in [0, 0.05) is 24.4 Å². The van der Waals surface area contributed by atoms with Crippen LogP contribution in [-0.2, 0) is 28.7 Å². The van der Waals surface area contributed by atoms with Gasteiger partial charge in [-0.05, 0) is 47.2 Å². The zero-order valence-electron chi connectivity index (χ0n) is 32.9. The molecule has 306 valence electrons. The smallest absolute Gasteiger partial charge is 0.329 e. The van der Waals surface area contributed by atoms with Gasteiger partial charge < -0.3 is 30.3 Å². The molecule has 4 atom stereocenters. The molecule has 2 aliphatic heterocycles. The lowest BCUT2D eigenvalue weighted by Crippen LogP contribution is -2.73. The average molecular weight is 823 g/mol. The summed E-state index contributed by atoms with van der Waals surface area (Å²) in [6.07, 6.45) is 0.448. The van der Waals surface area contributed by atoms with Gasteiger partial charge in [-0.15, -0.1) is 18.3 Å². The summed E-state index contributed by atoms with van der Waals surface area (Å²) in [5.41, 5.74) is 2.54. The first-order valence-corrected chi connectivity index (χ1v) is 20.9. The van der Waals surface area contributed by atoms with Gasteiger partial charge in [-0.1, -0.05) is 146 Å². The van der Waals surface area contributed by atoms with Crippen molar-refractivity contribution in [1.29, 1.82) is 0 Å². The van der Waals surface area contributed by atoms with Crippen molar-refractivity contribution in [2.45, 2.75) is 48.9 Å². The van der Waals surface area contributed by atoms with Crippen LogP contribution < -0.4 is 16.0 Å². The van der Waals surface area contributed by atoms with Gasteiger partial charge in [0.15, 0.2) is 12.2 Å². The van der Waals surface area contributed by atoms with Crippen LogP contribution in [0.3, 0.4) is 0 Å². The van der Waals surface area contributed by atoms with E-state index in [0.717, 1.165) is 22.3 Å². The molecule has 5 aromatic rings. The van der Waals surface area contributed by atoms with Gasteiger partial charge in [0.2, 0.25) is 11.8 Å². The van der Waals surface area contributed by atoms with Crippen molar-refractivity contribution in [2.24, 2.45) is 5.41 Å². The minimum absolute atomic E-state index is 0.0169. The molecule has 60 heavy (non-hydrogen) atoms. The number of nitrogens with one attached hydrogen (secondary N) is 3. The zero-order valence-corrected chi connectivity index (χ0v) is 33.7. The Hall–Kier alpha value is -6.66. The van der Waals surface area contributed by atoms with Crippen LogP contribution >= 0.6 is 11.8 Å². The van der Waals surface area contributed by atoms with Gasteiger partial charge in [-0.25, -0.2) is 9.59 Å². The monoisotopic (exact) mass is 822 g/mol. The quantitative estimate of drug-likeness (QED) is 0.0526. The van der Waals surface area contributed by atoms with Gasteiger partial charge >= 0.3 is 18.0 Å². The van der Waals surface area contributed by atoms with E-state index in [4.69, 9.17) is 9.47 Å². The number of carbonyl (C=O) groups is 5. The maximum atomic E-state index is 14.0. The van der Waals surface area contributed by atoms with Crippen molar-refractivity contribution in [3.05, 3.63) is 187 Å². The maximum Gasteiger partial charge on any atom is 0.329 e. The normalized spacial score (nSPS) is 18.6. The maximum absolute atomic E-state index is 14.0. The Morgan fingerprint density at radius 2 is 1.22 bits per heavy atom. The molecule has 0 saturated carbocycles. The number of benzene rings is 5. The van der Waals surface area contributed by atoms with E-state index in [0.29, 0.717) is 11.4 Å². The summed E-state index contributed by atoms with van der Waals surface area (Å²) in [4.78, 5) is 69.3. The molecular weight excluding hydrogens is 777 g/mol. The van der Waals surface area contributed by atoms with E-state index < -0.39 is 47.7 Å². The lowest BCUT2D eigenvalue weighted by molar-refractivity contribution is -0.162. The number of esters is 2. The standard InChI is InChI=1S/C48H46N4O7S/c1-2-48(46(56)59-42(35-23-12-5-13-24-35)36-25-14-6-15-26-36)31-52-43(54)40(44(52)60-32-48)51-39(53)30-18-29-38(50-47(57)49-37-27-16-7-17-28-37)45(55)58-41(33-19-8-3-9-20-33)34-21-10-4-11-22-34/h2-17,19-28,38,40-42,44H,1,18,29-32H2,(H,51,53)(H2,49,50,57)/t38?,40?,44-,48?/m1/s1. The highest BCUT2D eigenvalue weighted by molar-refractivity contribution is 8.00. The number of urea groups is 1. The van der Waals surface area contributed by atoms with Crippen molar-refractivity contribution < 1.29 is 33.4 Å². The van der Waals surface area contributed by atoms with E-state index in [1.807, 2.05) is 127 Å². The van der Waals surface area contributed by atoms with E-state index in [1.54, 1.807) is 35.2 Å². The van der Waals surface area contributed by atoms with Gasteiger partial charge in [0.1, 0.15) is 22.9 Å². The van der Waals surface area contributed by atoms with Gasteiger partial charge in [0.25, 0.3) is 0 Å². The predicted octanol–water partition coefficient (Wildman–Crippen LogP) is 7.58. The summed E-state index contributed by atoms with van der Waals surface area (Å²) in [6.45, 7) is 4.04. The van der Waals surface area contributed by atoms with Crippen molar-refractivity contribution in [1.82, 2.24) is 15.5 Å². The lowest BCUT2D eigenvalue weighted by atomic mass is 9.87.